The summed E-state index contributed by atoms with van der Waals surface area (Å²) in [6.45, 7) is 0. The van der Waals surface area contributed by atoms with E-state index >= 15 is 0 Å². The van der Waals surface area contributed by atoms with E-state index in [1.165, 1.54) is 0 Å². The van der Waals surface area contributed by atoms with Crippen LogP contribution in [-0.2, 0) is 0 Å². The van der Waals surface area contributed by atoms with Crippen molar-refractivity contribution >= 4 is 22.8 Å². The van der Waals surface area contributed by atoms with Crippen molar-refractivity contribution in [2.24, 2.45) is 0 Å². The molecule has 0 spiro atoms. The first-order valence-electron chi connectivity index (χ1n) is 5.78. The topological polar surface area (TPSA) is 67.0 Å². The lowest BCUT2D eigenvalue weighted by molar-refractivity contribution is 0.215. The van der Waals surface area contributed by atoms with Gasteiger partial charge in [-0.05, 0) is 30.3 Å². The van der Waals surface area contributed by atoms with E-state index in [-0.39, 0.29) is 0 Å². The minimum atomic E-state index is -0.523. The second-order valence-corrected chi connectivity index (χ2v) is 3.96. The first-order valence-corrected chi connectivity index (χ1v) is 5.78. The van der Waals surface area contributed by atoms with Gasteiger partial charge in [0.2, 0.25) is 0 Å². The standard InChI is InChI=1S/C14H11N3O2/c18-14(19-11-4-2-1-3-5-11)17-10-6-7-12-13(8-10)16-9-15-12/h1-9H,(H,15,16)(H,17,18). The molecule has 5 nitrogen and oxygen atoms in total. The summed E-state index contributed by atoms with van der Waals surface area (Å²) in [6, 6.07) is 14.3. The fourth-order valence-electron chi connectivity index (χ4n) is 1.75. The summed E-state index contributed by atoms with van der Waals surface area (Å²) >= 11 is 0. The van der Waals surface area contributed by atoms with Crippen LogP contribution in [0, 0.1) is 0 Å². The number of fused-ring (bicyclic) bond motifs is 1. The van der Waals surface area contributed by atoms with E-state index in [0.29, 0.717) is 11.4 Å². The largest absolute Gasteiger partial charge is 0.417 e. The normalized spacial score (nSPS) is 10.3. The maximum atomic E-state index is 11.7. The van der Waals surface area contributed by atoms with Crippen LogP contribution in [0.15, 0.2) is 54.9 Å². The van der Waals surface area contributed by atoms with Crippen molar-refractivity contribution < 1.29 is 9.53 Å². The summed E-state index contributed by atoms with van der Waals surface area (Å²) in [4.78, 5) is 18.8. The zero-order chi connectivity index (χ0) is 13.1. The molecule has 5 heteroatoms. The Morgan fingerprint density at radius 1 is 1.16 bits per heavy atom. The maximum absolute atomic E-state index is 11.7. The Labute approximate surface area is 109 Å². The fraction of sp³-hybridized carbons (Fsp3) is 0. The number of anilines is 1. The third kappa shape index (κ3) is 2.55. The molecule has 1 aromatic heterocycles. The van der Waals surface area contributed by atoms with Gasteiger partial charge in [0.05, 0.1) is 17.4 Å². The first kappa shape index (κ1) is 11.3. The lowest BCUT2D eigenvalue weighted by atomic mass is 10.3. The number of H-pyrrole nitrogens is 1. The smallest absolute Gasteiger partial charge is 0.410 e. The molecule has 0 unspecified atom stereocenters. The molecule has 1 amide bonds. The molecular weight excluding hydrogens is 242 g/mol. The Morgan fingerprint density at radius 3 is 2.84 bits per heavy atom. The van der Waals surface area contributed by atoms with E-state index in [2.05, 4.69) is 15.3 Å². The van der Waals surface area contributed by atoms with Crippen LogP contribution in [0.25, 0.3) is 11.0 Å². The number of aromatic amines is 1. The highest BCUT2D eigenvalue weighted by atomic mass is 16.6. The summed E-state index contributed by atoms with van der Waals surface area (Å²) < 4.78 is 5.14. The van der Waals surface area contributed by atoms with Crippen molar-refractivity contribution in [3.8, 4) is 5.75 Å². The lowest BCUT2D eigenvalue weighted by Crippen LogP contribution is -2.16. The number of hydrogen-bond donors (Lipinski definition) is 2. The number of imidazole rings is 1. The van der Waals surface area contributed by atoms with Gasteiger partial charge in [0, 0.05) is 5.69 Å². The molecule has 0 aliphatic heterocycles. The van der Waals surface area contributed by atoms with Crippen molar-refractivity contribution in [1.82, 2.24) is 9.97 Å². The van der Waals surface area contributed by atoms with Crippen LogP contribution >= 0.6 is 0 Å². The number of nitrogens with zero attached hydrogens (tertiary/aromatic N) is 1. The quantitative estimate of drug-likeness (QED) is 0.737. The summed E-state index contributed by atoms with van der Waals surface area (Å²) in [5.74, 6) is 0.502. The molecule has 19 heavy (non-hydrogen) atoms. The number of rotatable bonds is 2. The predicted octanol–water partition coefficient (Wildman–Crippen LogP) is 3.17. The maximum Gasteiger partial charge on any atom is 0.417 e. The number of ether oxygens (including phenoxy) is 1. The summed E-state index contributed by atoms with van der Waals surface area (Å²) in [5.41, 5.74) is 2.36. The van der Waals surface area contributed by atoms with E-state index in [9.17, 15) is 4.79 Å². The molecule has 0 fully saturated rings. The molecular formula is C14H11N3O2. The number of nitrogens with one attached hydrogen (secondary N) is 2. The molecule has 0 aliphatic rings. The highest BCUT2D eigenvalue weighted by molar-refractivity contribution is 5.89. The molecule has 1 heterocycles. The molecule has 2 aromatic carbocycles. The molecule has 94 valence electrons. The minimum Gasteiger partial charge on any atom is -0.410 e. The molecule has 0 saturated carbocycles. The van der Waals surface area contributed by atoms with Gasteiger partial charge in [-0.25, -0.2) is 9.78 Å². The van der Waals surface area contributed by atoms with Gasteiger partial charge in [0.1, 0.15) is 5.75 Å². The van der Waals surface area contributed by atoms with Gasteiger partial charge in [-0.15, -0.1) is 0 Å². The number of hydrogen-bond acceptors (Lipinski definition) is 3. The first-order chi connectivity index (χ1) is 9.31. The average molecular weight is 253 g/mol. The Bertz CT molecular complexity index is 707. The van der Waals surface area contributed by atoms with E-state index in [1.54, 1.807) is 42.7 Å². The SMILES string of the molecule is O=C(Nc1ccc2nc[nH]c2c1)Oc1ccccc1. The van der Waals surface area contributed by atoms with Gasteiger partial charge in [-0.2, -0.15) is 0 Å². The summed E-state index contributed by atoms with van der Waals surface area (Å²) in [5, 5.41) is 2.66. The zero-order valence-electron chi connectivity index (χ0n) is 9.96. The van der Waals surface area contributed by atoms with Crippen molar-refractivity contribution in [1.29, 1.82) is 0 Å². The number of amides is 1. The van der Waals surface area contributed by atoms with E-state index in [4.69, 9.17) is 4.74 Å². The fourth-order valence-corrected chi connectivity index (χ4v) is 1.75. The van der Waals surface area contributed by atoms with Crippen LogP contribution in [0.1, 0.15) is 0 Å². The van der Waals surface area contributed by atoms with Gasteiger partial charge in [-0.1, -0.05) is 18.2 Å². The highest BCUT2D eigenvalue weighted by Crippen LogP contribution is 2.16. The van der Waals surface area contributed by atoms with Gasteiger partial charge in [0.15, 0.2) is 0 Å². The zero-order valence-corrected chi connectivity index (χ0v) is 9.96. The lowest BCUT2D eigenvalue weighted by Gasteiger charge is -2.06. The second-order valence-electron chi connectivity index (χ2n) is 3.96. The number of carbonyl (C=O) groups excluding carboxylic acids is 1. The van der Waals surface area contributed by atoms with Crippen molar-refractivity contribution in [2.75, 3.05) is 5.32 Å². The molecule has 0 radical (unpaired) electrons. The van der Waals surface area contributed by atoms with E-state index in [1.807, 2.05) is 12.1 Å². The predicted molar refractivity (Wildman–Crippen MR) is 72.2 cm³/mol. The van der Waals surface area contributed by atoms with Gasteiger partial charge < -0.3 is 9.72 Å². The second kappa shape index (κ2) is 4.81. The Hall–Kier alpha value is -2.82. The van der Waals surface area contributed by atoms with Crippen LogP contribution in [-0.4, -0.2) is 16.1 Å². The van der Waals surface area contributed by atoms with Crippen molar-refractivity contribution in [3.05, 3.63) is 54.9 Å². The molecule has 2 N–H and O–H groups in total. The molecule has 0 bridgehead atoms. The molecule has 3 aromatic rings. The summed E-state index contributed by atoms with van der Waals surface area (Å²) in [7, 11) is 0. The molecule has 0 aliphatic carbocycles. The molecule has 0 saturated heterocycles. The Morgan fingerprint density at radius 2 is 2.00 bits per heavy atom. The van der Waals surface area contributed by atoms with Gasteiger partial charge in [-0.3, -0.25) is 5.32 Å². The molecule has 0 atom stereocenters. The highest BCUT2D eigenvalue weighted by Gasteiger charge is 2.05. The summed E-state index contributed by atoms with van der Waals surface area (Å²) in [6.07, 6.45) is 1.08. The van der Waals surface area contributed by atoms with Crippen molar-refractivity contribution in [2.45, 2.75) is 0 Å². The number of para-hydroxylation sites is 1. The Kier molecular flexibility index (Phi) is 2.86. The third-order valence-electron chi connectivity index (χ3n) is 2.62. The van der Waals surface area contributed by atoms with Crippen LogP contribution in [0.5, 0.6) is 5.75 Å². The Balaban J connectivity index is 1.72. The average Bonchev–Trinajstić information content (AvgIpc) is 2.87. The van der Waals surface area contributed by atoms with Crippen molar-refractivity contribution in [3.63, 3.8) is 0 Å². The monoisotopic (exact) mass is 253 g/mol. The van der Waals surface area contributed by atoms with Gasteiger partial charge in [0.25, 0.3) is 0 Å². The number of benzene rings is 2. The van der Waals surface area contributed by atoms with Crippen LogP contribution in [0.3, 0.4) is 0 Å². The number of aromatic nitrogens is 2. The van der Waals surface area contributed by atoms with Crippen LogP contribution in [0.4, 0.5) is 10.5 Å². The minimum absolute atomic E-state index is 0.502. The van der Waals surface area contributed by atoms with E-state index in [0.717, 1.165) is 11.0 Å². The number of carbonyl (C=O) groups is 1. The molecule has 3 rings (SSSR count). The van der Waals surface area contributed by atoms with Crippen LogP contribution in [0.2, 0.25) is 0 Å². The van der Waals surface area contributed by atoms with Crippen LogP contribution < -0.4 is 10.1 Å². The third-order valence-corrected chi connectivity index (χ3v) is 2.62. The van der Waals surface area contributed by atoms with Gasteiger partial charge >= 0.3 is 6.09 Å². The van der Waals surface area contributed by atoms with E-state index < -0.39 is 6.09 Å².